The molecule has 4 aromatic rings. The van der Waals surface area contributed by atoms with Gasteiger partial charge < -0.3 is 10.3 Å². The van der Waals surface area contributed by atoms with E-state index in [0.717, 1.165) is 23.0 Å². The topological polar surface area (TPSA) is 62.7 Å². The third-order valence-corrected chi connectivity index (χ3v) is 4.18. The van der Waals surface area contributed by atoms with Crippen LogP contribution >= 0.6 is 0 Å². The number of amides is 1. The molecule has 0 spiro atoms. The molecule has 1 amide bonds. The predicted molar refractivity (Wildman–Crippen MR) is 97.9 cm³/mol. The van der Waals surface area contributed by atoms with E-state index in [4.69, 9.17) is 0 Å². The van der Waals surface area contributed by atoms with Gasteiger partial charge in [-0.05, 0) is 42.3 Å². The maximum absolute atomic E-state index is 12.3. The predicted octanol–water partition coefficient (Wildman–Crippen LogP) is 3.33. The van der Waals surface area contributed by atoms with Crippen molar-refractivity contribution < 1.29 is 4.79 Å². The van der Waals surface area contributed by atoms with E-state index in [-0.39, 0.29) is 5.91 Å². The zero-order valence-electron chi connectivity index (χ0n) is 13.6. The molecule has 0 aliphatic rings. The van der Waals surface area contributed by atoms with E-state index < -0.39 is 0 Å². The van der Waals surface area contributed by atoms with Crippen LogP contribution in [0.1, 0.15) is 16.1 Å². The lowest BCUT2D eigenvalue weighted by Gasteiger charge is -2.06. The number of aromatic amines is 1. The number of rotatable bonds is 5. The molecule has 2 heterocycles. The van der Waals surface area contributed by atoms with Crippen LogP contribution in [0, 0.1) is 0 Å². The van der Waals surface area contributed by atoms with Crippen molar-refractivity contribution in [1.82, 2.24) is 20.1 Å². The van der Waals surface area contributed by atoms with Crippen LogP contribution in [-0.4, -0.2) is 27.2 Å². The highest BCUT2D eigenvalue weighted by molar-refractivity contribution is 5.97. The summed E-state index contributed by atoms with van der Waals surface area (Å²) in [5.41, 5.74) is 3.76. The van der Waals surface area contributed by atoms with Gasteiger partial charge in [0.2, 0.25) is 0 Å². The van der Waals surface area contributed by atoms with Gasteiger partial charge in [-0.1, -0.05) is 30.3 Å². The fourth-order valence-electron chi connectivity index (χ4n) is 2.85. The molecule has 4 rings (SSSR count). The van der Waals surface area contributed by atoms with Crippen LogP contribution in [0.25, 0.3) is 16.6 Å². The maximum Gasteiger partial charge on any atom is 0.267 e. The standard InChI is InChI=1S/C20H18N4O/c25-20(19-14-16-4-1-2-5-18(16)23-19)21-12-10-15-6-8-17(9-7-15)24-13-3-11-22-24/h1-9,11,13-14,23H,10,12H2,(H,21,25). The van der Waals surface area contributed by atoms with E-state index in [0.29, 0.717) is 12.2 Å². The Hall–Kier alpha value is -3.34. The van der Waals surface area contributed by atoms with Crippen molar-refractivity contribution in [2.24, 2.45) is 0 Å². The Kier molecular flexibility index (Phi) is 4.04. The highest BCUT2D eigenvalue weighted by atomic mass is 16.1. The molecule has 0 saturated carbocycles. The Bertz CT molecular complexity index is 951. The quantitative estimate of drug-likeness (QED) is 0.589. The molecule has 0 saturated heterocycles. The summed E-state index contributed by atoms with van der Waals surface area (Å²) < 4.78 is 1.82. The van der Waals surface area contributed by atoms with Crippen molar-refractivity contribution in [3.05, 3.63) is 84.3 Å². The van der Waals surface area contributed by atoms with Crippen molar-refractivity contribution >= 4 is 16.8 Å². The summed E-state index contributed by atoms with van der Waals surface area (Å²) in [6, 6.07) is 19.8. The van der Waals surface area contributed by atoms with Gasteiger partial charge in [0.15, 0.2) is 0 Å². The molecule has 2 aromatic heterocycles. The second kappa shape index (κ2) is 6.65. The van der Waals surface area contributed by atoms with Gasteiger partial charge in [-0.2, -0.15) is 5.10 Å². The number of fused-ring (bicyclic) bond motifs is 1. The third kappa shape index (κ3) is 3.30. The Balaban J connectivity index is 1.34. The minimum absolute atomic E-state index is 0.0793. The third-order valence-electron chi connectivity index (χ3n) is 4.18. The van der Waals surface area contributed by atoms with Gasteiger partial charge in [0.05, 0.1) is 5.69 Å². The summed E-state index contributed by atoms with van der Waals surface area (Å²) in [7, 11) is 0. The van der Waals surface area contributed by atoms with Crippen LogP contribution in [0.3, 0.4) is 0 Å². The fraction of sp³-hybridized carbons (Fsp3) is 0.100. The van der Waals surface area contributed by atoms with Crippen molar-refractivity contribution in [2.45, 2.75) is 6.42 Å². The molecule has 5 nitrogen and oxygen atoms in total. The van der Waals surface area contributed by atoms with E-state index in [9.17, 15) is 4.79 Å². The minimum Gasteiger partial charge on any atom is -0.351 e. The van der Waals surface area contributed by atoms with Crippen molar-refractivity contribution in [1.29, 1.82) is 0 Å². The van der Waals surface area contributed by atoms with Crippen LogP contribution in [0.15, 0.2) is 73.1 Å². The maximum atomic E-state index is 12.3. The summed E-state index contributed by atoms with van der Waals surface area (Å²) in [4.78, 5) is 15.4. The van der Waals surface area contributed by atoms with Gasteiger partial charge in [-0.25, -0.2) is 4.68 Å². The molecule has 0 aliphatic carbocycles. The largest absolute Gasteiger partial charge is 0.351 e. The molecule has 25 heavy (non-hydrogen) atoms. The summed E-state index contributed by atoms with van der Waals surface area (Å²) in [5.74, 6) is -0.0793. The average Bonchev–Trinajstić information content (AvgIpc) is 3.32. The first-order valence-corrected chi connectivity index (χ1v) is 8.24. The Morgan fingerprint density at radius 1 is 1.08 bits per heavy atom. The molecule has 2 aromatic carbocycles. The second-order valence-corrected chi connectivity index (χ2v) is 5.89. The van der Waals surface area contributed by atoms with Crippen LogP contribution in [-0.2, 0) is 6.42 Å². The van der Waals surface area contributed by atoms with Gasteiger partial charge in [-0.3, -0.25) is 4.79 Å². The van der Waals surface area contributed by atoms with E-state index in [1.807, 2.05) is 59.4 Å². The number of hydrogen-bond acceptors (Lipinski definition) is 2. The molecule has 0 unspecified atom stereocenters. The molecule has 0 fully saturated rings. The lowest BCUT2D eigenvalue weighted by Crippen LogP contribution is -2.25. The van der Waals surface area contributed by atoms with E-state index >= 15 is 0 Å². The summed E-state index contributed by atoms with van der Waals surface area (Å²) >= 11 is 0. The van der Waals surface area contributed by atoms with Crippen LogP contribution < -0.4 is 5.32 Å². The number of carbonyl (C=O) groups is 1. The van der Waals surface area contributed by atoms with Gasteiger partial charge in [0.25, 0.3) is 5.91 Å². The second-order valence-electron chi connectivity index (χ2n) is 5.89. The molecule has 2 N–H and O–H groups in total. The number of para-hydroxylation sites is 1. The number of benzene rings is 2. The minimum atomic E-state index is -0.0793. The van der Waals surface area contributed by atoms with Crippen molar-refractivity contribution in [3.63, 3.8) is 0 Å². The molecule has 0 bridgehead atoms. The number of H-pyrrole nitrogens is 1. The highest BCUT2D eigenvalue weighted by Crippen LogP contribution is 2.14. The molecule has 124 valence electrons. The molecule has 5 heteroatoms. The fourth-order valence-corrected chi connectivity index (χ4v) is 2.85. The first kappa shape index (κ1) is 15.2. The van der Waals surface area contributed by atoms with E-state index in [1.165, 1.54) is 5.56 Å². The van der Waals surface area contributed by atoms with Gasteiger partial charge in [0.1, 0.15) is 5.69 Å². The number of hydrogen-bond donors (Lipinski definition) is 2. The van der Waals surface area contributed by atoms with Crippen LogP contribution in [0.4, 0.5) is 0 Å². The van der Waals surface area contributed by atoms with E-state index in [1.54, 1.807) is 6.20 Å². The Morgan fingerprint density at radius 3 is 2.68 bits per heavy atom. The van der Waals surface area contributed by atoms with Crippen molar-refractivity contribution in [2.75, 3.05) is 6.54 Å². The van der Waals surface area contributed by atoms with Gasteiger partial charge in [-0.15, -0.1) is 0 Å². The van der Waals surface area contributed by atoms with Crippen molar-refractivity contribution in [3.8, 4) is 5.69 Å². The van der Waals surface area contributed by atoms with Gasteiger partial charge >= 0.3 is 0 Å². The number of nitrogens with zero attached hydrogens (tertiary/aromatic N) is 2. The lowest BCUT2D eigenvalue weighted by molar-refractivity contribution is 0.0950. The number of carbonyl (C=O) groups excluding carboxylic acids is 1. The zero-order chi connectivity index (χ0) is 17.1. The Labute approximate surface area is 145 Å². The molecule has 0 radical (unpaired) electrons. The number of nitrogens with one attached hydrogen (secondary N) is 2. The SMILES string of the molecule is O=C(NCCc1ccc(-n2cccn2)cc1)c1cc2ccccc2[nH]1. The smallest absolute Gasteiger partial charge is 0.267 e. The van der Waals surface area contributed by atoms with Crippen LogP contribution in [0.2, 0.25) is 0 Å². The molecule has 0 aliphatic heterocycles. The lowest BCUT2D eigenvalue weighted by atomic mass is 10.1. The normalized spacial score (nSPS) is 10.9. The van der Waals surface area contributed by atoms with Crippen LogP contribution in [0.5, 0.6) is 0 Å². The first-order valence-electron chi connectivity index (χ1n) is 8.24. The number of aromatic nitrogens is 3. The molecular formula is C20H18N4O. The average molecular weight is 330 g/mol. The highest BCUT2D eigenvalue weighted by Gasteiger charge is 2.08. The van der Waals surface area contributed by atoms with Gasteiger partial charge in [0, 0.05) is 29.8 Å². The summed E-state index contributed by atoms with van der Waals surface area (Å²) in [6.45, 7) is 0.593. The van der Waals surface area contributed by atoms with E-state index in [2.05, 4.69) is 27.5 Å². The summed E-state index contributed by atoms with van der Waals surface area (Å²) in [5, 5.41) is 8.22. The summed E-state index contributed by atoms with van der Waals surface area (Å²) in [6.07, 6.45) is 4.45. The molecule has 0 atom stereocenters. The zero-order valence-corrected chi connectivity index (χ0v) is 13.6. The monoisotopic (exact) mass is 330 g/mol. The first-order chi connectivity index (χ1) is 12.3. The Morgan fingerprint density at radius 2 is 1.92 bits per heavy atom. The molecular weight excluding hydrogens is 312 g/mol.